The fourth-order valence-electron chi connectivity index (χ4n) is 2.58. The van der Waals surface area contributed by atoms with Gasteiger partial charge in [0.05, 0.1) is 22.5 Å². The van der Waals surface area contributed by atoms with Gasteiger partial charge in [-0.15, -0.1) is 0 Å². The summed E-state index contributed by atoms with van der Waals surface area (Å²) in [7, 11) is 0. The molecule has 0 saturated carbocycles. The number of amides is 2. The Balaban J connectivity index is 2.18. The lowest BCUT2D eigenvalue weighted by atomic mass is 9.99. The van der Waals surface area contributed by atoms with E-state index in [1.165, 1.54) is 12.1 Å². The van der Waals surface area contributed by atoms with Gasteiger partial charge in [-0.2, -0.15) is 0 Å². The summed E-state index contributed by atoms with van der Waals surface area (Å²) in [5.74, 6) is -1.38. The Labute approximate surface area is 121 Å². The summed E-state index contributed by atoms with van der Waals surface area (Å²) < 4.78 is 13.3. The van der Waals surface area contributed by atoms with Crippen LogP contribution in [0.5, 0.6) is 0 Å². The first-order valence-corrected chi connectivity index (χ1v) is 6.46. The number of aryl methyl sites for hydroxylation is 2. The van der Waals surface area contributed by atoms with Crippen molar-refractivity contribution in [2.24, 2.45) is 0 Å². The molecule has 0 saturated heterocycles. The second-order valence-corrected chi connectivity index (χ2v) is 5.10. The monoisotopic (exact) mass is 284 g/mol. The largest absolute Gasteiger partial charge is 0.396 e. The number of carbonyl (C=O) groups is 2. The van der Waals surface area contributed by atoms with Crippen LogP contribution in [0.25, 0.3) is 0 Å². The van der Waals surface area contributed by atoms with Gasteiger partial charge < -0.3 is 5.73 Å². The molecule has 0 unspecified atom stereocenters. The molecule has 0 atom stereocenters. The van der Waals surface area contributed by atoms with Crippen LogP contribution in [0, 0.1) is 19.7 Å². The third-order valence-electron chi connectivity index (χ3n) is 3.69. The number of nitrogen functional groups attached to an aromatic ring is 1. The van der Waals surface area contributed by atoms with Gasteiger partial charge in [0.25, 0.3) is 11.8 Å². The van der Waals surface area contributed by atoms with Gasteiger partial charge in [0.15, 0.2) is 0 Å². The van der Waals surface area contributed by atoms with Crippen LogP contribution in [-0.2, 0) is 0 Å². The fraction of sp³-hybridized carbons (Fsp3) is 0.125. The smallest absolute Gasteiger partial charge is 0.266 e. The molecule has 2 aromatic rings. The zero-order valence-corrected chi connectivity index (χ0v) is 11.6. The van der Waals surface area contributed by atoms with E-state index in [-0.39, 0.29) is 11.4 Å². The van der Waals surface area contributed by atoms with E-state index in [4.69, 9.17) is 5.73 Å². The highest BCUT2D eigenvalue weighted by Gasteiger charge is 2.39. The molecule has 1 aliphatic heterocycles. The van der Waals surface area contributed by atoms with Crippen LogP contribution in [0.1, 0.15) is 31.8 Å². The van der Waals surface area contributed by atoms with Gasteiger partial charge in [0, 0.05) is 0 Å². The lowest BCUT2D eigenvalue weighted by Gasteiger charge is -2.14. The molecule has 106 valence electrons. The molecule has 3 rings (SSSR count). The maximum atomic E-state index is 13.3. The SMILES string of the molecule is Cc1ccc(C)c2c1C(=O)N(c1ccc(F)c(N)c1)C2=O. The topological polar surface area (TPSA) is 63.4 Å². The molecule has 0 aromatic heterocycles. The van der Waals surface area contributed by atoms with Crippen LogP contribution < -0.4 is 10.6 Å². The van der Waals surface area contributed by atoms with Crippen LogP contribution in [0.4, 0.5) is 15.8 Å². The van der Waals surface area contributed by atoms with Crippen LogP contribution in [0.15, 0.2) is 30.3 Å². The number of benzene rings is 2. The zero-order chi connectivity index (χ0) is 15.3. The first kappa shape index (κ1) is 13.3. The Kier molecular flexibility index (Phi) is 2.79. The van der Waals surface area contributed by atoms with E-state index in [9.17, 15) is 14.0 Å². The van der Waals surface area contributed by atoms with E-state index < -0.39 is 17.6 Å². The van der Waals surface area contributed by atoms with Gasteiger partial charge >= 0.3 is 0 Å². The number of imide groups is 1. The van der Waals surface area contributed by atoms with E-state index >= 15 is 0 Å². The number of carbonyl (C=O) groups excluding carboxylic acids is 2. The summed E-state index contributed by atoms with van der Waals surface area (Å²) in [4.78, 5) is 26.1. The van der Waals surface area contributed by atoms with Crippen LogP contribution in [-0.4, -0.2) is 11.8 Å². The molecular weight excluding hydrogens is 271 g/mol. The Morgan fingerprint density at radius 2 is 1.48 bits per heavy atom. The number of fused-ring (bicyclic) bond motifs is 1. The number of nitrogens with two attached hydrogens (primary N) is 1. The average Bonchev–Trinajstić information content (AvgIpc) is 2.70. The minimum absolute atomic E-state index is 0.0995. The van der Waals surface area contributed by atoms with Gasteiger partial charge in [-0.25, -0.2) is 9.29 Å². The van der Waals surface area contributed by atoms with E-state index in [2.05, 4.69) is 0 Å². The number of halogens is 1. The normalized spacial score (nSPS) is 13.8. The van der Waals surface area contributed by atoms with Crippen LogP contribution in [0.3, 0.4) is 0 Å². The summed E-state index contributed by atoms with van der Waals surface area (Å²) in [6.07, 6.45) is 0. The second-order valence-electron chi connectivity index (χ2n) is 5.10. The maximum absolute atomic E-state index is 13.3. The molecule has 0 radical (unpaired) electrons. The third-order valence-corrected chi connectivity index (χ3v) is 3.69. The minimum Gasteiger partial charge on any atom is -0.396 e. The molecular formula is C16H13FN2O2. The van der Waals surface area contributed by atoms with Crippen LogP contribution in [0.2, 0.25) is 0 Å². The molecule has 2 aromatic carbocycles. The maximum Gasteiger partial charge on any atom is 0.266 e. The van der Waals surface area contributed by atoms with Crippen molar-refractivity contribution in [3.8, 4) is 0 Å². The Morgan fingerprint density at radius 1 is 0.952 bits per heavy atom. The molecule has 0 aliphatic carbocycles. The predicted molar refractivity (Wildman–Crippen MR) is 77.9 cm³/mol. The van der Waals surface area contributed by atoms with Crippen molar-refractivity contribution in [1.29, 1.82) is 0 Å². The van der Waals surface area contributed by atoms with Crippen molar-refractivity contribution >= 4 is 23.2 Å². The van der Waals surface area contributed by atoms with Gasteiger partial charge in [0.2, 0.25) is 0 Å². The molecule has 0 fully saturated rings. The standard InChI is InChI=1S/C16H13FN2O2/c1-8-3-4-9(2)14-13(8)15(20)19(16(14)21)10-5-6-11(17)12(18)7-10/h3-7H,18H2,1-2H3. The van der Waals surface area contributed by atoms with Crippen molar-refractivity contribution in [1.82, 2.24) is 0 Å². The van der Waals surface area contributed by atoms with Crippen LogP contribution >= 0.6 is 0 Å². The van der Waals surface area contributed by atoms with Gasteiger partial charge in [0.1, 0.15) is 5.82 Å². The first-order chi connectivity index (χ1) is 9.91. The third kappa shape index (κ3) is 1.81. The molecule has 1 aliphatic rings. The zero-order valence-electron chi connectivity index (χ0n) is 11.6. The van der Waals surface area contributed by atoms with E-state index in [0.717, 1.165) is 22.1 Å². The number of rotatable bonds is 1. The molecule has 0 bridgehead atoms. The highest BCUT2D eigenvalue weighted by molar-refractivity contribution is 6.35. The fourth-order valence-corrected chi connectivity index (χ4v) is 2.58. The Morgan fingerprint density at radius 3 is 1.95 bits per heavy atom. The van der Waals surface area contributed by atoms with Gasteiger partial charge in [-0.05, 0) is 43.2 Å². The number of hydrogen-bond acceptors (Lipinski definition) is 3. The van der Waals surface area contributed by atoms with Crippen molar-refractivity contribution < 1.29 is 14.0 Å². The highest BCUT2D eigenvalue weighted by Crippen LogP contribution is 2.33. The summed E-state index contributed by atoms with van der Waals surface area (Å²) in [5, 5.41) is 0. The molecule has 2 N–H and O–H groups in total. The Bertz CT molecular complexity index is 758. The van der Waals surface area contributed by atoms with Crippen molar-refractivity contribution in [3.05, 3.63) is 58.4 Å². The van der Waals surface area contributed by atoms with Crippen molar-refractivity contribution in [2.75, 3.05) is 10.6 Å². The summed E-state index contributed by atoms with van der Waals surface area (Å²) in [6, 6.07) is 7.43. The predicted octanol–water partition coefficient (Wildman–Crippen LogP) is 2.83. The summed E-state index contributed by atoms with van der Waals surface area (Å²) in [6.45, 7) is 3.57. The molecule has 21 heavy (non-hydrogen) atoms. The highest BCUT2D eigenvalue weighted by atomic mass is 19.1. The quantitative estimate of drug-likeness (QED) is 0.647. The Hall–Kier alpha value is -2.69. The van der Waals surface area contributed by atoms with E-state index in [0.29, 0.717) is 11.1 Å². The lowest BCUT2D eigenvalue weighted by molar-refractivity contribution is 0.0926. The molecule has 4 nitrogen and oxygen atoms in total. The van der Waals surface area contributed by atoms with Gasteiger partial charge in [-0.1, -0.05) is 12.1 Å². The number of nitrogens with zero attached hydrogens (tertiary/aromatic N) is 1. The second kappa shape index (κ2) is 4.41. The average molecular weight is 284 g/mol. The minimum atomic E-state index is -0.581. The molecule has 5 heteroatoms. The lowest BCUT2D eigenvalue weighted by Crippen LogP contribution is -2.29. The molecule has 2 amide bonds. The summed E-state index contributed by atoms with van der Waals surface area (Å²) in [5.41, 5.74) is 7.99. The van der Waals surface area contributed by atoms with E-state index in [1.54, 1.807) is 13.8 Å². The number of anilines is 2. The van der Waals surface area contributed by atoms with E-state index in [1.807, 2.05) is 12.1 Å². The molecule has 1 heterocycles. The number of hydrogen-bond donors (Lipinski definition) is 1. The molecule has 0 spiro atoms. The summed E-state index contributed by atoms with van der Waals surface area (Å²) >= 11 is 0. The van der Waals surface area contributed by atoms with Crippen molar-refractivity contribution in [2.45, 2.75) is 13.8 Å². The van der Waals surface area contributed by atoms with Crippen molar-refractivity contribution in [3.63, 3.8) is 0 Å². The first-order valence-electron chi connectivity index (χ1n) is 6.46. The van der Waals surface area contributed by atoms with Gasteiger partial charge in [-0.3, -0.25) is 9.59 Å².